The predicted molar refractivity (Wildman–Crippen MR) is 289 cm³/mol. The Morgan fingerprint density at radius 2 is 1.10 bits per heavy atom. The van der Waals surface area contributed by atoms with E-state index in [0.717, 1.165) is 57.5 Å². The van der Waals surface area contributed by atoms with Crippen molar-refractivity contribution in [2.45, 2.75) is 167 Å². The van der Waals surface area contributed by atoms with Crippen LogP contribution in [0.25, 0.3) is 17.0 Å². The number of carbonyl (C=O) groups is 1. The summed E-state index contributed by atoms with van der Waals surface area (Å²) < 4.78 is 78.1. The molecule has 19 heteroatoms. The number of hydrogen-bond acceptors (Lipinski definition) is 12. The molecule has 0 saturated carbocycles. The average Bonchev–Trinajstić information content (AvgIpc) is 3.92. The molecule has 5 rings (SSSR count). The third kappa shape index (κ3) is 22.1. The lowest BCUT2D eigenvalue weighted by molar-refractivity contribution is -0.123. The minimum atomic E-state index is -3.47. The molecule has 0 fully saturated rings. The Morgan fingerprint density at radius 3 is 1.60 bits per heavy atom. The van der Waals surface area contributed by atoms with Gasteiger partial charge in [0, 0.05) is 40.8 Å². The molecule has 0 aliphatic heterocycles. The van der Waals surface area contributed by atoms with Crippen LogP contribution >= 0.6 is 0 Å². The number of nitrogens with one attached hydrogen (secondary N) is 5. The van der Waals surface area contributed by atoms with E-state index in [-0.39, 0.29) is 12.6 Å². The van der Waals surface area contributed by atoms with Crippen molar-refractivity contribution in [2.75, 3.05) is 46.4 Å². The number of amides is 1. The van der Waals surface area contributed by atoms with E-state index in [1.165, 1.54) is 95.2 Å². The first-order valence-corrected chi connectivity index (χ1v) is 29.8. The third-order valence-corrected chi connectivity index (χ3v) is 13.3. The Balaban J connectivity index is 1.31. The van der Waals surface area contributed by atoms with Gasteiger partial charge in [-0.1, -0.05) is 129 Å². The molecule has 2 aromatic heterocycles. The number of sulfonamides is 2. The summed E-state index contributed by atoms with van der Waals surface area (Å²) in [5.41, 5.74) is 3.13. The SMILES string of the molecule is CCCCCCCCCCCCC(OCNc1cc(NC(=O)C(CCCCCCCCCCCC)Oc2ccc(NS(C)(=O)=O)cc2)cc(-c2nc3cc(OC)nn3[nH]2)c1)Oc1ccc(NS(C)(=O)=O)cc1. The fourth-order valence-corrected chi connectivity index (χ4v) is 9.47. The smallest absolute Gasteiger partial charge is 0.265 e. The maximum atomic E-state index is 14.3. The third-order valence-electron chi connectivity index (χ3n) is 12.1. The van der Waals surface area contributed by atoms with Crippen LogP contribution in [0.5, 0.6) is 17.4 Å². The molecule has 2 heterocycles. The van der Waals surface area contributed by atoms with Crippen LogP contribution in [0.3, 0.4) is 0 Å². The van der Waals surface area contributed by atoms with Gasteiger partial charge < -0.3 is 29.6 Å². The van der Waals surface area contributed by atoms with Crippen LogP contribution in [0, 0.1) is 0 Å². The number of methoxy groups -OCH3 is 1. The van der Waals surface area contributed by atoms with Gasteiger partial charge in [0.05, 0.1) is 19.6 Å². The molecular formula is C53H80N8O9S2. The lowest BCUT2D eigenvalue weighted by Crippen LogP contribution is -2.33. The van der Waals surface area contributed by atoms with Gasteiger partial charge in [0.2, 0.25) is 32.2 Å². The van der Waals surface area contributed by atoms with Crippen LogP contribution in [-0.4, -0.2) is 81.3 Å². The minimum absolute atomic E-state index is 0.0559. The fraction of sp³-hybridized carbons (Fsp3) is 0.566. The van der Waals surface area contributed by atoms with Crippen LogP contribution in [0.2, 0.25) is 0 Å². The number of ether oxygens (including phenoxy) is 4. The van der Waals surface area contributed by atoms with E-state index in [1.807, 2.05) is 18.2 Å². The summed E-state index contributed by atoms with van der Waals surface area (Å²) >= 11 is 0. The van der Waals surface area contributed by atoms with Gasteiger partial charge in [-0.3, -0.25) is 19.3 Å². The zero-order chi connectivity index (χ0) is 51.6. The van der Waals surface area contributed by atoms with Gasteiger partial charge in [-0.2, -0.15) is 4.63 Å². The summed E-state index contributed by atoms with van der Waals surface area (Å²) in [6.45, 7) is 4.52. The summed E-state index contributed by atoms with van der Waals surface area (Å²) in [5.74, 6) is 1.53. The first-order valence-electron chi connectivity index (χ1n) is 26.0. The highest BCUT2D eigenvalue weighted by Crippen LogP contribution is 2.29. The zero-order valence-corrected chi connectivity index (χ0v) is 44.8. The maximum Gasteiger partial charge on any atom is 0.265 e. The first kappa shape index (κ1) is 57.4. The van der Waals surface area contributed by atoms with E-state index in [1.54, 1.807) is 54.6 Å². The van der Waals surface area contributed by atoms with E-state index in [9.17, 15) is 21.6 Å². The summed E-state index contributed by atoms with van der Waals surface area (Å²) in [7, 11) is -5.37. The number of unbranched alkanes of at least 4 members (excludes halogenated alkanes) is 18. The Morgan fingerprint density at radius 1 is 0.611 bits per heavy atom. The van der Waals surface area contributed by atoms with Crippen LogP contribution in [0.15, 0.2) is 72.8 Å². The standard InChI is InChI=1S/C53H80N8O9S2/c1-6-8-10-12-14-16-18-20-22-24-26-48(69-46-32-28-42(29-33-46)59-71(4,63)64)53(62)55-45-37-41(52-56-49-39-50(67-3)57-61(49)58-52)36-44(38-45)54-40-68-51(27-25-23-21-19-17-15-13-11-9-7-2)70-47-34-30-43(31-35-47)60-72(5,65)66/h28-39,48,51,54,59-60H,6-27,40H2,1-5H3,(H,55,62)(H,56,58). The van der Waals surface area contributed by atoms with Crippen LogP contribution in [-0.2, 0) is 29.6 Å². The largest absolute Gasteiger partial charge is 0.481 e. The number of nitrogens with zero attached hydrogens (tertiary/aromatic N) is 3. The molecule has 17 nitrogen and oxygen atoms in total. The van der Waals surface area contributed by atoms with E-state index in [0.29, 0.717) is 70.0 Å². The van der Waals surface area contributed by atoms with Crippen molar-refractivity contribution in [2.24, 2.45) is 0 Å². The van der Waals surface area contributed by atoms with Gasteiger partial charge in [-0.25, -0.2) is 21.8 Å². The molecule has 0 saturated heterocycles. The number of anilines is 4. The first-order chi connectivity index (χ1) is 34.7. The molecule has 1 amide bonds. The molecule has 2 atom stereocenters. The highest BCUT2D eigenvalue weighted by Gasteiger charge is 2.22. The number of benzene rings is 3. The van der Waals surface area contributed by atoms with Gasteiger partial charge in [0.1, 0.15) is 18.2 Å². The molecule has 0 radical (unpaired) electrons. The van der Waals surface area contributed by atoms with Crippen molar-refractivity contribution >= 4 is 54.4 Å². The van der Waals surface area contributed by atoms with Gasteiger partial charge in [-0.15, -0.1) is 5.10 Å². The highest BCUT2D eigenvalue weighted by molar-refractivity contribution is 7.92. The van der Waals surface area contributed by atoms with Gasteiger partial charge in [-0.05, 0) is 86.0 Å². The van der Waals surface area contributed by atoms with Crippen molar-refractivity contribution in [3.63, 3.8) is 0 Å². The number of aromatic amines is 1. The van der Waals surface area contributed by atoms with E-state index in [4.69, 9.17) is 23.9 Å². The summed E-state index contributed by atoms with van der Waals surface area (Å²) in [6, 6.07) is 20.5. The normalized spacial score (nSPS) is 12.6. The lowest BCUT2D eigenvalue weighted by atomic mass is 10.0. The maximum absolute atomic E-state index is 14.3. The van der Waals surface area contributed by atoms with E-state index in [2.05, 4.69) is 44.1 Å². The second kappa shape index (κ2) is 30.5. The zero-order valence-electron chi connectivity index (χ0n) is 43.2. The number of carbonyl (C=O) groups excluding carboxylic acids is 1. The van der Waals surface area contributed by atoms with E-state index >= 15 is 0 Å². The molecule has 3 aromatic carbocycles. The minimum Gasteiger partial charge on any atom is -0.481 e. The van der Waals surface area contributed by atoms with Crippen LogP contribution in [0.4, 0.5) is 22.7 Å². The molecule has 398 valence electrons. The Kier molecular flexibility index (Phi) is 24.3. The number of fused-ring (bicyclic) bond motifs is 1. The number of aromatic nitrogens is 4. The molecule has 0 bridgehead atoms. The van der Waals surface area contributed by atoms with Gasteiger partial charge >= 0.3 is 0 Å². The molecular weight excluding hydrogens is 957 g/mol. The van der Waals surface area contributed by atoms with Gasteiger partial charge in [0.25, 0.3) is 5.91 Å². The molecule has 0 aliphatic rings. The Bertz CT molecular complexity index is 2540. The Labute approximate surface area is 428 Å². The van der Waals surface area contributed by atoms with Crippen molar-refractivity contribution in [3.05, 3.63) is 72.8 Å². The molecule has 2 unspecified atom stereocenters. The summed E-state index contributed by atoms with van der Waals surface area (Å²) in [5, 5.41) is 14.1. The lowest BCUT2D eigenvalue weighted by Gasteiger charge is -2.21. The molecule has 72 heavy (non-hydrogen) atoms. The van der Waals surface area contributed by atoms with Crippen LogP contribution < -0.4 is 34.3 Å². The van der Waals surface area contributed by atoms with Gasteiger partial charge in [0.15, 0.2) is 17.6 Å². The second-order valence-corrected chi connectivity index (χ2v) is 22.2. The number of rotatable bonds is 38. The number of H-pyrrole nitrogens is 1. The quantitative estimate of drug-likeness (QED) is 0.0184. The monoisotopic (exact) mass is 1040 g/mol. The molecule has 0 aliphatic carbocycles. The predicted octanol–water partition coefficient (Wildman–Crippen LogP) is 12.3. The topological polar surface area (TPSA) is 216 Å². The second-order valence-electron chi connectivity index (χ2n) is 18.7. The number of hydrogen-bond donors (Lipinski definition) is 5. The highest BCUT2D eigenvalue weighted by atomic mass is 32.2. The average molecular weight is 1040 g/mol. The van der Waals surface area contributed by atoms with Crippen molar-refractivity contribution in [3.8, 4) is 28.8 Å². The summed E-state index contributed by atoms with van der Waals surface area (Å²) in [6.07, 6.45) is 25.3. The molecule has 5 N–H and O–H groups in total. The van der Waals surface area contributed by atoms with Crippen molar-refractivity contribution < 1.29 is 40.6 Å². The molecule has 0 spiro atoms. The van der Waals surface area contributed by atoms with Crippen LogP contribution in [0.1, 0.15) is 155 Å². The Hall–Kier alpha value is -5.53. The van der Waals surface area contributed by atoms with E-state index < -0.39 is 32.4 Å². The van der Waals surface area contributed by atoms with Crippen molar-refractivity contribution in [1.82, 2.24) is 19.8 Å². The summed E-state index contributed by atoms with van der Waals surface area (Å²) in [4.78, 5) is 19.1. The van der Waals surface area contributed by atoms with Crippen molar-refractivity contribution in [1.29, 1.82) is 0 Å². The fourth-order valence-electron chi connectivity index (χ4n) is 8.34. The molecule has 5 aromatic rings.